The summed E-state index contributed by atoms with van der Waals surface area (Å²) in [7, 11) is 0. The molecule has 0 saturated carbocycles. The monoisotopic (exact) mass is 418 g/mol. The molecule has 2 unspecified atom stereocenters. The van der Waals surface area contributed by atoms with Gasteiger partial charge in [0.1, 0.15) is 0 Å². The SMILES string of the molecule is O=C1CCCC(CC2CCCC(=O)Nc3ccccc3C2=O)C(=O)c2ccccc2N1. The molecule has 0 aromatic heterocycles. The van der Waals surface area contributed by atoms with Gasteiger partial charge in [-0.25, -0.2) is 0 Å². The Labute approximate surface area is 181 Å². The van der Waals surface area contributed by atoms with Gasteiger partial charge in [-0.1, -0.05) is 24.3 Å². The second kappa shape index (κ2) is 9.25. The second-order valence-corrected chi connectivity index (χ2v) is 8.33. The fraction of sp³-hybridized carbons (Fsp3) is 0.360. The molecule has 2 aliphatic rings. The smallest absolute Gasteiger partial charge is 0.224 e. The number of carbonyl (C=O) groups is 4. The van der Waals surface area contributed by atoms with Crippen LogP contribution in [-0.2, 0) is 9.59 Å². The first-order valence-electron chi connectivity index (χ1n) is 10.9. The van der Waals surface area contributed by atoms with E-state index in [2.05, 4.69) is 10.6 Å². The number of hydrogen-bond acceptors (Lipinski definition) is 4. The van der Waals surface area contributed by atoms with E-state index in [0.717, 1.165) is 0 Å². The molecule has 0 radical (unpaired) electrons. The molecule has 2 amide bonds. The molecule has 0 aliphatic carbocycles. The minimum absolute atomic E-state index is 0.0343. The summed E-state index contributed by atoms with van der Waals surface area (Å²) in [6.45, 7) is 0. The number of fused-ring (bicyclic) bond motifs is 2. The van der Waals surface area contributed by atoms with E-state index in [1.807, 2.05) is 0 Å². The molecule has 0 spiro atoms. The summed E-state index contributed by atoms with van der Waals surface area (Å²) in [5.74, 6) is -0.962. The van der Waals surface area contributed by atoms with Gasteiger partial charge in [0, 0.05) is 35.8 Å². The third-order valence-corrected chi connectivity index (χ3v) is 6.16. The van der Waals surface area contributed by atoms with Crippen molar-refractivity contribution >= 4 is 34.8 Å². The van der Waals surface area contributed by atoms with Gasteiger partial charge < -0.3 is 10.6 Å². The summed E-state index contributed by atoms with van der Waals surface area (Å²) in [5, 5.41) is 5.68. The number of ketones is 2. The zero-order valence-electron chi connectivity index (χ0n) is 17.4. The van der Waals surface area contributed by atoms with Crippen molar-refractivity contribution in [3.8, 4) is 0 Å². The van der Waals surface area contributed by atoms with Gasteiger partial charge >= 0.3 is 0 Å². The number of nitrogens with one attached hydrogen (secondary N) is 2. The number of amides is 2. The van der Waals surface area contributed by atoms with E-state index in [0.29, 0.717) is 67.4 Å². The van der Waals surface area contributed by atoms with E-state index in [4.69, 9.17) is 0 Å². The topological polar surface area (TPSA) is 92.3 Å². The minimum Gasteiger partial charge on any atom is -0.325 e. The lowest BCUT2D eigenvalue weighted by atomic mass is 9.80. The summed E-state index contributed by atoms with van der Waals surface area (Å²) < 4.78 is 0. The lowest BCUT2D eigenvalue weighted by Crippen LogP contribution is -2.24. The highest BCUT2D eigenvalue weighted by atomic mass is 16.2. The van der Waals surface area contributed by atoms with Crippen LogP contribution in [0.15, 0.2) is 48.5 Å². The molecule has 6 heteroatoms. The van der Waals surface area contributed by atoms with Crippen LogP contribution >= 0.6 is 0 Å². The molecule has 2 heterocycles. The third kappa shape index (κ3) is 4.74. The van der Waals surface area contributed by atoms with Crippen LogP contribution in [0.4, 0.5) is 11.4 Å². The van der Waals surface area contributed by atoms with Crippen LogP contribution in [0.25, 0.3) is 0 Å². The number of para-hydroxylation sites is 2. The summed E-state index contributed by atoms with van der Waals surface area (Å²) in [6.07, 6.45) is 3.41. The number of rotatable bonds is 2. The first-order valence-corrected chi connectivity index (χ1v) is 10.9. The Morgan fingerprint density at radius 3 is 1.52 bits per heavy atom. The van der Waals surface area contributed by atoms with Crippen molar-refractivity contribution in [1.29, 1.82) is 0 Å². The van der Waals surface area contributed by atoms with Crippen LogP contribution in [0.2, 0.25) is 0 Å². The molecular weight excluding hydrogens is 392 g/mol. The van der Waals surface area contributed by atoms with Gasteiger partial charge in [0.05, 0.1) is 11.4 Å². The lowest BCUT2D eigenvalue weighted by Gasteiger charge is -2.22. The van der Waals surface area contributed by atoms with E-state index in [1.54, 1.807) is 48.5 Å². The van der Waals surface area contributed by atoms with Gasteiger partial charge in [-0.3, -0.25) is 19.2 Å². The maximum Gasteiger partial charge on any atom is 0.224 e. The Morgan fingerprint density at radius 2 is 1.06 bits per heavy atom. The molecule has 2 aliphatic heterocycles. The first kappa shape index (κ1) is 21.0. The summed E-state index contributed by atoms with van der Waals surface area (Å²) >= 11 is 0. The summed E-state index contributed by atoms with van der Waals surface area (Å²) in [5.41, 5.74) is 2.06. The predicted molar refractivity (Wildman–Crippen MR) is 118 cm³/mol. The quantitative estimate of drug-likeness (QED) is 0.744. The van der Waals surface area contributed by atoms with Gasteiger partial charge in [0.25, 0.3) is 0 Å². The Kier molecular flexibility index (Phi) is 6.26. The molecule has 6 nitrogen and oxygen atoms in total. The molecule has 160 valence electrons. The predicted octanol–water partition coefficient (Wildman–Crippen LogP) is 4.62. The van der Waals surface area contributed by atoms with Crippen LogP contribution in [0.3, 0.4) is 0 Å². The number of benzene rings is 2. The molecule has 2 N–H and O–H groups in total. The molecule has 2 atom stereocenters. The van der Waals surface area contributed by atoms with Gasteiger partial charge in [-0.05, 0) is 56.4 Å². The van der Waals surface area contributed by atoms with Crippen molar-refractivity contribution in [2.45, 2.75) is 44.9 Å². The molecule has 2 aromatic rings. The Hall–Kier alpha value is -3.28. The standard InChI is InChI=1S/C25H26N2O4/c28-22-13-5-7-16(24(30)18-9-1-3-11-20(18)26-22)15-17-8-6-14-23(29)27-21-12-4-2-10-19(21)25(17)31/h1-4,9-12,16-17H,5-8,13-15H2,(H,26,28)(H,27,29). The normalized spacial score (nSPS) is 22.3. The molecule has 2 aromatic carbocycles. The van der Waals surface area contributed by atoms with E-state index in [1.165, 1.54) is 0 Å². The molecular formula is C25H26N2O4. The van der Waals surface area contributed by atoms with Crippen molar-refractivity contribution < 1.29 is 19.2 Å². The minimum atomic E-state index is -0.348. The van der Waals surface area contributed by atoms with Crippen molar-refractivity contribution in [2.24, 2.45) is 11.8 Å². The number of carbonyl (C=O) groups excluding carboxylic acids is 4. The Bertz CT molecular complexity index is 948. The van der Waals surface area contributed by atoms with Crippen LogP contribution < -0.4 is 10.6 Å². The zero-order chi connectivity index (χ0) is 21.8. The van der Waals surface area contributed by atoms with E-state index in [-0.39, 0.29) is 35.2 Å². The van der Waals surface area contributed by atoms with Crippen LogP contribution in [-0.4, -0.2) is 23.4 Å². The van der Waals surface area contributed by atoms with E-state index >= 15 is 0 Å². The first-order chi connectivity index (χ1) is 15.0. The number of hydrogen-bond donors (Lipinski definition) is 2. The maximum absolute atomic E-state index is 13.4. The summed E-state index contributed by atoms with van der Waals surface area (Å²) in [6, 6.07) is 14.1. The van der Waals surface area contributed by atoms with Crippen molar-refractivity contribution in [1.82, 2.24) is 0 Å². The van der Waals surface area contributed by atoms with E-state index in [9.17, 15) is 19.2 Å². The van der Waals surface area contributed by atoms with Crippen LogP contribution in [0, 0.1) is 11.8 Å². The van der Waals surface area contributed by atoms with Crippen LogP contribution in [0.1, 0.15) is 65.7 Å². The van der Waals surface area contributed by atoms with Gasteiger partial charge in [0.15, 0.2) is 11.6 Å². The fourth-order valence-electron chi connectivity index (χ4n) is 4.55. The highest BCUT2D eigenvalue weighted by molar-refractivity contribution is 6.08. The van der Waals surface area contributed by atoms with Crippen molar-refractivity contribution in [2.75, 3.05) is 10.6 Å². The Balaban J connectivity index is 1.64. The number of anilines is 2. The molecule has 31 heavy (non-hydrogen) atoms. The van der Waals surface area contributed by atoms with Crippen molar-refractivity contribution in [3.63, 3.8) is 0 Å². The number of Topliss-reactive ketones (excluding diaryl/α,β-unsaturated/α-hetero) is 2. The average Bonchev–Trinajstić information content (AvgIpc) is 2.85. The molecule has 0 fully saturated rings. The van der Waals surface area contributed by atoms with Crippen LogP contribution in [0.5, 0.6) is 0 Å². The van der Waals surface area contributed by atoms with Gasteiger partial charge in [-0.2, -0.15) is 0 Å². The fourth-order valence-corrected chi connectivity index (χ4v) is 4.55. The third-order valence-electron chi connectivity index (χ3n) is 6.16. The van der Waals surface area contributed by atoms with Gasteiger partial charge in [-0.15, -0.1) is 0 Å². The van der Waals surface area contributed by atoms with Crippen molar-refractivity contribution in [3.05, 3.63) is 59.7 Å². The largest absolute Gasteiger partial charge is 0.325 e. The molecule has 0 bridgehead atoms. The molecule has 4 rings (SSSR count). The summed E-state index contributed by atoms with van der Waals surface area (Å²) in [4.78, 5) is 51.2. The lowest BCUT2D eigenvalue weighted by molar-refractivity contribution is -0.117. The zero-order valence-corrected chi connectivity index (χ0v) is 17.4. The molecule has 0 saturated heterocycles. The second-order valence-electron chi connectivity index (χ2n) is 8.33. The highest BCUT2D eigenvalue weighted by Gasteiger charge is 2.32. The van der Waals surface area contributed by atoms with Gasteiger partial charge in [0.2, 0.25) is 11.8 Å². The highest BCUT2D eigenvalue weighted by Crippen LogP contribution is 2.33. The Morgan fingerprint density at radius 1 is 0.645 bits per heavy atom. The maximum atomic E-state index is 13.4. The average molecular weight is 418 g/mol. The van der Waals surface area contributed by atoms with E-state index < -0.39 is 0 Å².